The SMILES string of the molecule is O=C(OCc1ccccc1)C1(c2ccc(OS(=O)(=O)C(F)(F)F)cc2)CCC(F)(F)CC1. The fourth-order valence-corrected chi connectivity index (χ4v) is 3.98. The van der Waals surface area contributed by atoms with Gasteiger partial charge in [-0.1, -0.05) is 42.5 Å². The van der Waals surface area contributed by atoms with E-state index in [9.17, 15) is 35.2 Å². The molecule has 32 heavy (non-hydrogen) atoms. The molecular weight excluding hydrogens is 459 g/mol. The summed E-state index contributed by atoms with van der Waals surface area (Å²) in [6, 6.07) is 13.0. The van der Waals surface area contributed by atoms with E-state index in [2.05, 4.69) is 4.18 Å². The minimum Gasteiger partial charge on any atom is -0.460 e. The number of benzene rings is 2. The van der Waals surface area contributed by atoms with E-state index < -0.39 is 51.5 Å². The fraction of sp³-hybridized carbons (Fsp3) is 0.381. The number of halogens is 5. The lowest BCUT2D eigenvalue weighted by Crippen LogP contribution is -2.43. The highest BCUT2D eigenvalue weighted by Gasteiger charge is 2.50. The van der Waals surface area contributed by atoms with Crippen LogP contribution < -0.4 is 4.18 Å². The van der Waals surface area contributed by atoms with Gasteiger partial charge in [-0.2, -0.15) is 21.6 Å². The number of rotatable bonds is 6. The molecule has 174 valence electrons. The molecule has 5 nitrogen and oxygen atoms in total. The summed E-state index contributed by atoms with van der Waals surface area (Å²) in [5.41, 5.74) is -6.14. The van der Waals surface area contributed by atoms with Crippen LogP contribution in [0.3, 0.4) is 0 Å². The summed E-state index contributed by atoms with van der Waals surface area (Å²) in [4.78, 5) is 13.0. The van der Waals surface area contributed by atoms with Crippen molar-refractivity contribution in [2.75, 3.05) is 0 Å². The molecule has 1 fully saturated rings. The molecule has 3 rings (SSSR count). The van der Waals surface area contributed by atoms with Crippen LogP contribution in [0.2, 0.25) is 0 Å². The zero-order chi connectivity index (χ0) is 23.6. The maximum Gasteiger partial charge on any atom is 0.534 e. The Morgan fingerprint density at radius 1 is 0.906 bits per heavy atom. The second-order valence-corrected chi connectivity index (χ2v) is 9.05. The van der Waals surface area contributed by atoms with Crippen LogP contribution in [0.4, 0.5) is 22.0 Å². The summed E-state index contributed by atoms with van der Waals surface area (Å²) in [6.45, 7) is -0.0805. The van der Waals surface area contributed by atoms with Gasteiger partial charge in [0.1, 0.15) is 12.4 Å². The van der Waals surface area contributed by atoms with Gasteiger partial charge in [0, 0.05) is 12.8 Å². The summed E-state index contributed by atoms with van der Waals surface area (Å²) in [7, 11) is -5.87. The van der Waals surface area contributed by atoms with Crippen LogP contribution in [-0.4, -0.2) is 25.8 Å². The molecule has 0 bridgehead atoms. The first-order chi connectivity index (χ1) is 14.8. The Kier molecular flexibility index (Phi) is 6.50. The summed E-state index contributed by atoms with van der Waals surface area (Å²) < 4.78 is 96.9. The summed E-state index contributed by atoms with van der Waals surface area (Å²) >= 11 is 0. The summed E-state index contributed by atoms with van der Waals surface area (Å²) in [6.07, 6.45) is -1.63. The van der Waals surface area contributed by atoms with Gasteiger partial charge in [-0.05, 0) is 36.1 Å². The van der Waals surface area contributed by atoms with E-state index in [1.807, 2.05) is 0 Å². The number of hydrogen-bond acceptors (Lipinski definition) is 5. The maximum atomic E-state index is 13.8. The maximum absolute atomic E-state index is 13.8. The molecule has 11 heteroatoms. The molecule has 2 aromatic rings. The average molecular weight is 478 g/mol. The number of carbonyl (C=O) groups excluding carboxylic acids is 1. The van der Waals surface area contributed by atoms with Gasteiger partial charge in [0.05, 0.1) is 5.41 Å². The number of alkyl halides is 5. The molecule has 0 unspecified atom stereocenters. The fourth-order valence-electron chi connectivity index (χ4n) is 3.52. The monoisotopic (exact) mass is 478 g/mol. The first-order valence-electron chi connectivity index (χ1n) is 9.55. The molecule has 0 aliphatic heterocycles. The van der Waals surface area contributed by atoms with Gasteiger partial charge in [0.15, 0.2) is 0 Å². The van der Waals surface area contributed by atoms with Crippen molar-refractivity contribution < 1.29 is 44.1 Å². The molecule has 0 amide bonds. The standard InChI is InChI=1S/C21H19F5O5S/c22-20(23)12-10-19(11-13-20,18(27)30-14-15-4-2-1-3-5-15)16-6-8-17(9-7-16)31-32(28,29)21(24,25)26/h1-9H,10-14H2. The molecule has 0 aromatic heterocycles. The molecule has 0 N–H and O–H groups in total. The van der Waals surface area contributed by atoms with E-state index >= 15 is 0 Å². The minimum atomic E-state index is -5.87. The topological polar surface area (TPSA) is 69.7 Å². The highest BCUT2D eigenvalue weighted by molar-refractivity contribution is 7.88. The van der Waals surface area contributed by atoms with Crippen molar-refractivity contribution in [3.8, 4) is 5.75 Å². The molecule has 0 saturated heterocycles. The third-order valence-electron chi connectivity index (χ3n) is 5.33. The second kappa shape index (κ2) is 8.68. The van der Waals surface area contributed by atoms with E-state index in [-0.39, 0.29) is 25.0 Å². The molecule has 0 atom stereocenters. The Balaban J connectivity index is 1.85. The Morgan fingerprint density at radius 2 is 1.47 bits per heavy atom. The van der Waals surface area contributed by atoms with Crippen LogP contribution in [0.5, 0.6) is 5.75 Å². The van der Waals surface area contributed by atoms with E-state index in [0.717, 1.165) is 12.1 Å². The van der Waals surface area contributed by atoms with Crippen LogP contribution in [0.25, 0.3) is 0 Å². The third-order valence-corrected chi connectivity index (χ3v) is 6.31. The first-order valence-corrected chi connectivity index (χ1v) is 11.0. The number of carbonyl (C=O) groups is 1. The van der Waals surface area contributed by atoms with E-state index in [4.69, 9.17) is 4.74 Å². The summed E-state index contributed by atoms with van der Waals surface area (Å²) in [5.74, 6) is -4.32. The van der Waals surface area contributed by atoms with Crippen LogP contribution in [0.15, 0.2) is 54.6 Å². The number of ether oxygens (including phenoxy) is 1. The lowest BCUT2D eigenvalue weighted by molar-refractivity contribution is -0.157. The molecular formula is C21H19F5O5S. The smallest absolute Gasteiger partial charge is 0.460 e. The third kappa shape index (κ3) is 5.20. The highest BCUT2D eigenvalue weighted by Crippen LogP contribution is 2.46. The van der Waals surface area contributed by atoms with Crippen molar-refractivity contribution in [3.63, 3.8) is 0 Å². The summed E-state index contributed by atoms with van der Waals surface area (Å²) in [5, 5.41) is 0. The molecule has 1 saturated carbocycles. The number of esters is 1. The lowest BCUT2D eigenvalue weighted by atomic mass is 9.68. The Bertz CT molecular complexity index is 1040. The Hall–Kier alpha value is -2.69. The van der Waals surface area contributed by atoms with E-state index in [0.29, 0.717) is 5.56 Å². The quantitative estimate of drug-likeness (QED) is 0.250. The van der Waals surface area contributed by atoms with Gasteiger partial charge in [-0.15, -0.1) is 0 Å². The Morgan fingerprint density at radius 3 is 2.00 bits per heavy atom. The van der Waals surface area contributed by atoms with Gasteiger partial charge in [-0.25, -0.2) is 8.78 Å². The lowest BCUT2D eigenvalue weighted by Gasteiger charge is -2.38. The van der Waals surface area contributed by atoms with Crippen LogP contribution in [0, 0.1) is 0 Å². The van der Waals surface area contributed by atoms with Crippen LogP contribution >= 0.6 is 0 Å². The van der Waals surface area contributed by atoms with Gasteiger partial charge < -0.3 is 8.92 Å². The van der Waals surface area contributed by atoms with Crippen LogP contribution in [-0.2, 0) is 31.7 Å². The van der Waals surface area contributed by atoms with E-state index in [1.54, 1.807) is 30.3 Å². The van der Waals surface area contributed by atoms with Gasteiger partial charge in [0.25, 0.3) is 0 Å². The second-order valence-electron chi connectivity index (χ2n) is 7.51. The van der Waals surface area contributed by atoms with Crippen molar-refractivity contribution in [2.24, 2.45) is 0 Å². The first kappa shape index (κ1) is 24.0. The Labute approximate surface area is 181 Å². The van der Waals surface area contributed by atoms with Crippen molar-refractivity contribution >= 4 is 16.1 Å². The molecule has 1 aliphatic carbocycles. The van der Waals surface area contributed by atoms with Gasteiger partial charge in [-0.3, -0.25) is 4.79 Å². The normalized spacial score (nSPS) is 18.0. The van der Waals surface area contributed by atoms with Crippen LogP contribution in [0.1, 0.15) is 36.8 Å². The number of hydrogen-bond donors (Lipinski definition) is 0. The highest BCUT2D eigenvalue weighted by atomic mass is 32.2. The predicted octanol–water partition coefficient (Wildman–Crippen LogP) is 5.11. The minimum absolute atomic E-state index is 0.0805. The molecule has 0 heterocycles. The molecule has 1 aliphatic rings. The molecule has 2 aromatic carbocycles. The molecule has 0 radical (unpaired) electrons. The van der Waals surface area contributed by atoms with Gasteiger partial charge in [0.2, 0.25) is 5.92 Å². The predicted molar refractivity (Wildman–Crippen MR) is 103 cm³/mol. The molecule has 0 spiro atoms. The van der Waals surface area contributed by atoms with E-state index in [1.165, 1.54) is 12.1 Å². The van der Waals surface area contributed by atoms with Gasteiger partial charge >= 0.3 is 21.6 Å². The zero-order valence-electron chi connectivity index (χ0n) is 16.6. The van der Waals surface area contributed by atoms with Crippen molar-refractivity contribution in [2.45, 2.75) is 49.1 Å². The average Bonchev–Trinajstić information content (AvgIpc) is 2.73. The zero-order valence-corrected chi connectivity index (χ0v) is 17.4. The van der Waals surface area contributed by atoms with Crippen molar-refractivity contribution in [1.29, 1.82) is 0 Å². The van der Waals surface area contributed by atoms with Crippen molar-refractivity contribution in [3.05, 3.63) is 65.7 Å². The largest absolute Gasteiger partial charge is 0.534 e. The van der Waals surface area contributed by atoms with Crippen molar-refractivity contribution in [1.82, 2.24) is 0 Å².